The van der Waals surface area contributed by atoms with E-state index in [4.69, 9.17) is 0 Å². The number of nitrogens with zero attached hydrogens (tertiary/aromatic N) is 1. The molecule has 8 heavy (non-hydrogen) atoms. The van der Waals surface area contributed by atoms with Crippen LogP contribution in [0.25, 0.3) is 0 Å². The molecule has 0 fully saturated rings. The zero-order chi connectivity index (χ0) is 5.98. The van der Waals surface area contributed by atoms with Gasteiger partial charge in [0, 0.05) is 12.6 Å². The van der Waals surface area contributed by atoms with Crippen LogP contribution in [0.2, 0.25) is 0 Å². The number of alkyl halides is 1. The minimum Gasteiger partial charge on any atom is -0.251 e. The Morgan fingerprint density at radius 1 is 1.88 bits per heavy atom. The molecule has 0 N–H and O–H groups in total. The first-order chi connectivity index (χ1) is 3.79. The minimum absolute atomic E-state index is 0.448. The van der Waals surface area contributed by atoms with Crippen LogP contribution >= 0.6 is 15.9 Å². The third-order valence-electron chi connectivity index (χ3n) is 0.871. The van der Waals surface area contributed by atoms with Crippen LogP contribution < -0.4 is 0 Å². The maximum Gasteiger partial charge on any atom is 0.139 e. The van der Waals surface area contributed by atoms with E-state index < -0.39 is 6.17 Å². The third-order valence-corrected chi connectivity index (χ3v) is 1.40. The van der Waals surface area contributed by atoms with E-state index in [-0.39, 0.29) is 0 Å². The summed E-state index contributed by atoms with van der Waals surface area (Å²) >= 11 is 3.11. The molecule has 1 unspecified atom stereocenters. The Bertz CT molecular complexity index is 141. The average Bonchev–Trinajstić information content (AvgIpc) is 1.77. The molecule has 0 amide bonds. The summed E-state index contributed by atoms with van der Waals surface area (Å²) in [5, 5.41) is 0. The quantitative estimate of drug-likeness (QED) is 0.503. The van der Waals surface area contributed by atoms with E-state index in [1.165, 1.54) is 6.21 Å². The molecule has 0 spiro atoms. The Morgan fingerprint density at radius 2 is 2.62 bits per heavy atom. The van der Waals surface area contributed by atoms with Crippen LogP contribution in [0.5, 0.6) is 0 Å². The highest BCUT2D eigenvalue weighted by molar-refractivity contribution is 9.11. The molecule has 0 bridgehead atoms. The highest BCUT2D eigenvalue weighted by Crippen LogP contribution is 2.13. The van der Waals surface area contributed by atoms with Crippen molar-refractivity contribution in [1.82, 2.24) is 0 Å². The lowest BCUT2D eigenvalue weighted by Crippen LogP contribution is -2.02. The predicted molar refractivity (Wildman–Crippen MR) is 35.0 cm³/mol. The Labute approximate surface area is 55.4 Å². The van der Waals surface area contributed by atoms with E-state index in [1.54, 1.807) is 6.08 Å². The topological polar surface area (TPSA) is 12.4 Å². The number of halogens is 2. The highest BCUT2D eigenvalue weighted by atomic mass is 79.9. The Morgan fingerprint density at radius 3 is 3.00 bits per heavy atom. The number of allylic oxidation sites excluding steroid dienone is 1. The number of hydrogen-bond acceptors (Lipinski definition) is 1. The molecule has 1 atom stereocenters. The van der Waals surface area contributed by atoms with Crippen molar-refractivity contribution < 1.29 is 4.39 Å². The van der Waals surface area contributed by atoms with Gasteiger partial charge in [0.25, 0.3) is 0 Å². The van der Waals surface area contributed by atoms with Crippen molar-refractivity contribution in [1.29, 1.82) is 0 Å². The Balaban J connectivity index is 2.58. The number of rotatable bonds is 0. The summed E-state index contributed by atoms with van der Waals surface area (Å²) in [5.41, 5.74) is 0. The summed E-state index contributed by atoms with van der Waals surface area (Å²) in [6, 6.07) is 0. The summed E-state index contributed by atoms with van der Waals surface area (Å²) in [4.78, 5) is 3.69. The summed E-state index contributed by atoms with van der Waals surface area (Å²) in [6.07, 6.45) is 2.58. The van der Waals surface area contributed by atoms with Crippen molar-refractivity contribution in [2.75, 3.05) is 0 Å². The smallest absolute Gasteiger partial charge is 0.139 e. The summed E-state index contributed by atoms with van der Waals surface area (Å²) in [6.45, 7) is 0. The van der Waals surface area contributed by atoms with Crippen LogP contribution in [0.15, 0.2) is 15.7 Å². The fourth-order valence-electron chi connectivity index (χ4n) is 0.475. The minimum atomic E-state index is -0.878. The molecule has 1 nitrogen and oxygen atoms in total. The molecule has 3 heteroatoms. The fourth-order valence-corrected chi connectivity index (χ4v) is 0.781. The van der Waals surface area contributed by atoms with E-state index in [1.807, 2.05) is 0 Å². The zero-order valence-corrected chi connectivity index (χ0v) is 5.73. The molecule has 0 radical (unpaired) electrons. The van der Waals surface area contributed by atoms with Gasteiger partial charge in [0.15, 0.2) is 0 Å². The molecule has 0 saturated heterocycles. The van der Waals surface area contributed by atoms with Gasteiger partial charge in [-0.1, -0.05) is 0 Å². The molecular formula is C5H5BrFN. The van der Waals surface area contributed by atoms with Crippen LogP contribution in [-0.2, 0) is 0 Å². The van der Waals surface area contributed by atoms with Gasteiger partial charge >= 0.3 is 0 Å². The van der Waals surface area contributed by atoms with Gasteiger partial charge in [0.05, 0.1) is 0 Å². The summed E-state index contributed by atoms with van der Waals surface area (Å²) in [5.74, 6) is 0. The van der Waals surface area contributed by atoms with Gasteiger partial charge in [-0.15, -0.1) is 0 Å². The summed E-state index contributed by atoms with van der Waals surface area (Å²) in [7, 11) is 0. The SMILES string of the molecule is FC1C=NC(Br)=CC1. The zero-order valence-electron chi connectivity index (χ0n) is 4.14. The van der Waals surface area contributed by atoms with Crippen molar-refractivity contribution in [3.05, 3.63) is 10.7 Å². The second-order valence-electron chi connectivity index (χ2n) is 1.56. The van der Waals surface area contributed by atoms with Crippen LogP contribution in [0.1, 0.15) is 6.42 Å². The van der Waals surface area contributed by atoms with Gasteiger partial charge in [0.1, 0.15) is 10.8 Å². The van der Waals surface area contributed by atoms with Crippen LogP contribution in [0.4, 0.5) is 4.39 Å². The summed E-state index contributed by atoms with van der Waals surface area (Å²) < 4.78 is 12.9. The molecule has 1 aliphatic heterocycles. The van der Waals surface area contributed by atoms with E-state index in [0.717, 1.165) is 4.61 Å². The first kappa shape index (κ1) is 5.95. The largest absolute Gasteiger partial charge is 0.251 e. The van der Waals surface area contributed by atoms with Crippen molar-refractivity contribution in [3.8, 4) is 0 Å². The van der Waals surface area contributed by atoms with E-state index in [9.17, 15) is 4.39 Å². The highest BCUT2D eigenvalue weighted by Gasteiger charge is 2.04. The third kappa shape index (κ3) is 1.40. The Hall–Kier alpha value is -0.180. The predicted octanol–water partition coefficient (Wildman–Crippen LogP) is 2.04. The average molecular weight is 178 g/mol. The monoisotopic (exact) mass is 177 g/mol. The van der Waals surface area contributed by atoms with Crippen LogP contribution in [-0.4, -0.2) is 12.4 Å². The lowest BCUT2D eigenvalue weighted by Gasteiger charge is -2.01. The molecule has 1 heterocycles. The van der Waals surface area contributed by atoms with Crippen molar-refractivity contribution in [2.24, 2.45) is 4.99 Å². The standard InChI is InChI=1S/C5H5BrFN/c6-5-2-1-4(7)3-8-5/h2-4H,1H2. The van der Waals surface area contributed by atoms with Gasteiger partial charge < -0.3 is 0 Å². The van der Waals surface area contributed by atoms with E-state index in [2.05, 4.69) is 20.9 Å². The maximum absolute atomic E-state index is 12.1. The number of hydrogen-bond donors (Lipinski definition) is 0. The van der Waals surface area contributed by atoms with Crippen molar-refractivity contribution >= 4 is 22.1 Å². The first-order valence-corrected chi connectivity index (χ1v) is 3.12. The van der Waals surface area contributed by atoms with Gasteiger partial charge in [-0.2, -0.15) is 0 Å². The first-order valence-electron chi connectivity index (χ1n) is 2.33. The maximum atomic E-state index is 12.1. The van der Waals surface area contributed by atoms with Gasteiger partial charge in [-0.05, 0) is 22.0 Å². The molecule has 1 aliphatic rings. The molecular weight excluding hydrogens is 173 g/mol. The normalized spacial score (nSPS) is 27.8. The fraction of sp³-hybridized carbons (Fsp3) is 0.400. The van der Waals surface area contributed by atoms with Crippen molar-refractivity contribution in [3.63, 3.8) is 0 Å². The van der Waals surface area contributed by atoms with E-state index >= 15 is 0 Å². The molecule has 44 valence electrons. The van der Waals surface area contributed by atoms with Crippen LogP contribution in [0, 0.1) is 0 Å². The molecule has 1 rings (SSSR count). The molecule has 0 aliphatic carbocycles. The lowest BCUT2D eigenvalue weighted by molar-refractivity contribution is 0.431. The van der Waals surface area contributed by atoms with Crippen molar-refractivity contribution in [2.45, 2.75) is 12.6 Å². The number of aliphatic imine (C=N–C) groups is 1. The second-order valence-corrected chi connectivity index (χ2v) is 2.37. The Kier molecular flexibility index (Phi) is 1.78. The molecule has 0 aromatic heterocycles. The van der Waals surface area contributed by atoms with E-state index in [0.29, 0.717) is 6.42 Å². The molecule has 0 aromatic rings. The van der Waals surface area contributed by atoms with Crippen LogP contribution in [0.3, 0.4) is 0 Å². The second kappa shape index (κ2) is 2.40. The lowest BCUT2D eigenvalue weighted by atomic mass is 10.3. The molecule has 0 aromatic carbocycles. The van der Waals surface area contributed by atoms with Gasteiger partial charge in [-0.25, -0.2) is 4.39 Å². The van der Waals surface area contributed by atoms with Gasteiger partial charge in [-0.3, -0.25) is 4.99 Å². The van der Waals surface area contributed by atoms with Gasteiger partial charge in [0.2, 0.25) is 0 Å². The molecule has 0 saturated carbocycles.